The van der Waals surface area contributed by atoms with Crippen LogP contribution in [0.2, 0.25) is 0 Å². The maximum absolute atomic E-state index is 9.09. The summed E-state index contributed by atoms with van der Waals surface area (Å²) >= 11 is 0. The van der Waals surface area contributed by atoms with Gasteiger partial charge in [0.15, 0.2) is 0 Å². The van der Waals surface area contributed by atoms with Crippen LogP contribution in [0.1, 0.15) is 32.6 Å². The van der Waals surface area contributed by atoms with Gasteiger partial charge in [0, 0.05) is 18.6 Å². The standard InChI is InChI=1S/C11H21NO2/c1-9-8-14-11(7-13)6-12(9)10-4-2-3-5-10/h9-11,13H,2-8H2,1H3. The normalized spacial score (nSPS) is 36.4. The Kier molecular flexibility index (Phi) is 3.42. The van der Waals surface area contributed by atoms with Crippen molar-refractivity contribution in [2.24, 2.45) is 0 Å². The van der Waals surface area contributed by atoms with E-state index in [-0.39, 0.29) is 12.7 Å². The van der Waals surface area contributed by atoms with Gasteiger partial charge < -0.3 is 9.84 Å². The highest BCUT2D eigenvalue weighted by molar-refractivity contribution is 4.85. The predicted molar refractivity (Wildman–Crippen MR) is 55.2 cm³/mol. The second-order valence-electron chi connectivity index (χ2n) is 4.62. The number of ether oxygens (including phenoxy) is 1. The summed E-state index contributed by atoms with van der Waals surface area (Å²) in [6.07, 6.45) is 5.47. The molecule has 0 aromatic heterocycles. The van der Waals surface area contributed by atoms with E-state index in [1.807, 2.05) is 0 Å². The van der Waals surface area contributed by atoms with E-state index in [9.17, 15) is 0 Å². The number of morpholine rings is 1. The van der Waals surface area contributed by atoms with Crippen LogP contribution in [0.4, 0.5) is 0 Å². The van der Waals surface area contributed by atoms with Crippen LogP contribution >= 0.6 is 0 Å². The molecule has 1 saturated heterocycles. The van der Waals surface area contributed by atoms with E-state index in [4.69, 9.17) is 9.84 Å². The van der Waals surface area contributed by atoms with Gasteiger partial charge in [0.1, 0.15) is 0 Å². The Morgan fingerprint density at radius 1 is 1.36 bits per heavy atom. The molecule has 0 amide bonds. The molecule has 2 fully saturated rings. The molecule has 3 heteroatoms. The third-order valence-corrected chi connectivity index (χ3v) is 3.55. The number of aliphatic hydroxyl groups is 1. The van der Waals surface area contributed by atoms with E-state index in [0.717, 1.165) is 19.2 Å². The Bertz CT molecular complexity index is 180. The molecule has 3 nitrogen and oxygen atoms in total. The molecule has 1 N–H and O–H groups in total. The smallest absolute Gasteiger partial charge is 0.0933 e. The average molecular weight is 199 g/mol. The molecule has 14 heavy (non-hydrogen) atoms. The molecule has 1 aliphatic heterocycles. The van der Waals surface area contributed by atoms with Gasteiger partial charge in [-0.1, -0.05) is 12.8 Å². The first-order chi connectivity index (χ1) is 6.81. The number of nitrogens with zero attached hydrogens (tertiary/aromatic N) is 1. The zero-order valence-electron chi connectivity index (χ0n) is 8.98. The van der Waals surface area contributed by atoms with Crippen molar-refractivity contribution in [2.45, 2.75) is 50.8 Å². The third kappa shape index (κ3) is 2.10. The van der Waals surface area contributed by atoms with Gasteiger partial charge in [-0.05, 0) is 19.8 Å². The van der Waals surface area contributed by atoms with Crippen molar-refractivity contribution in [3.8, 4) is 0 Å². The monoisotopic (exact) mass is 199 g/mol. The third-order valence-electron chi connectivity index (χ3n) is 3.55. The van der Waals surface area contributed by atoms with Gasteiger partial charge in [-0.3, -0.25) is 4.90 Å². The Hall–Kier alpha value is -0.120. The zero-order chi connectivity index (χ0) is 9.97. The fourth-order valence-electron chi connectivity index (χ4n) is 2.69. The minimum Gasteiger partial charge on any atom is -0.394 e. The SMILES string of the molecule is CC1COC(CO)CN1C1CCCC1. The molecule has 0 bridgehead atoms. The van der Waals surface area contributed by atoms with Gasteiger partial charge in [0.2, 0.25) is 0 Å². The van der Waals surface area contributed by atoms with Crippen molar-refractivity contribution in [1.82, 2.24) is 4.90 Å². The average Bonchev–Trinajstić information content (AvgIpc) is 2.71. The van der Waals surface area contributed by atoms with E-state index in [0.29, 0.717) is 6.04 Å². The van der Waals surface area contributed by atoms with Crippen molar-refractivity contribution >= 4 is 0 Å². The molecule has 1 aliphatic carbocycles. The summed E-state index contributed by atoms with van der Waals surface area (Å²) in [6, 6.07) is 1.28. The van der Waals surface area contributed by atoms with Crippen molar-refractivity contribution in [2.75, 3.05) is 19.8 Å². The highest BCUT2D eigenvalue weighted by Gasteiger charge is 2.32. The van der Waals surface area contributed by atoms with E-state index in [1.54, 1.807) is 0 Å². The lowest BCUT2D eigenvalue weighted by molar-refractivity contribution is -0.0902. The van der Waals surface area contributed by atoms with Crippen LogP contribution in [0.3, 0.4) is 0 Å². The van der Waals surface area contributed by atoms with Crippen molar-refractivity contribution in [1.29, 1.82) is 0 Å². The molecule has 0 spiro atoms. The fourth-order valence-corrected chi connectivity index (χ4v) is 2.69. The van der Waals surface area contributed by atoms with Gasteiger partial charge in [0.25, 0.3) is 0 Å². The van der Waals surface area contributed by atoms with Gasteiger partial charge >= 0.3 is 0 Å². The summed E-state index contributed by atoms with van der Waals surface area (Å²) in [5.41, 5.74) is 0. The first kappa shape index (κ1) is 10.4. The Morgan fingerprint density at radius 2 is 2.07 bits per heavy atom. The molecule has 0 aromatic rings. The molecule has 2 aliphatic rings. The van der Waals surface area contributed by atoms with Crippen molar-refractivity contribution < 1.29 is 9.84 Å². The molecule has 0 aromatic carbocycles. The van der Waals surface area contributed by atoms with Crippen LogP contribution in [0.25, 0.3) is 0 Å². The van der Waals surface area contributed by atoms with Crippen molar-refractivity contribution in [3.05, 3.63) is 0 Å². The van der Waals surface area contributed by atoms with Gasteiger partial charge in [0.05, 0.1) is 19.3 Å². The van der Waals surface area contributed by atoms with Gasteiger partial charge in [-0.15, -0.1) is 0 Å². The Morgan fingerprint density at radius 3 is 2.71 bits per heavy atom. The largest absolute Gasteiger partial charge is 0.394 e. The predicted octanol–water partition coefficient (Wildman–Crippen LogP) is 1.01. The minimum absolute atomic E-state index is 0.0480. The van der Waals surface area contributed by atoms with E-state index >= 15 is 0 Å². The van der Waals surface area contributed by atoms with Crippen LogP contribution in [-0.2, 0) is 4.74 Å². The second kappa shape index (κ2) is 4.60. The lowest BCUT2D eigenvalue weighted by Crippen LogP contribution is -2.53. The van der Waals surface area contributed by atoms with Crippen molar-refractivity contribution in [3.63, 3.8) is 0 Å². The van der Waals surface area contributed by atoms with Gasteiger partial charge in [-0.25, -0.2) is 0 Å². The van der Waals surface area contributed by atoms with Crippen LogP contribution in [0.5, 0.6) is 0 Å². The summed E-state index contributed by atoms with van der Waals surface area (Å²) in [5.74, 6) is 0. The number of hydrogen-bond donors (Lipinski definition) is 1. The fraction of sp³-hybridized carbons (Fsp3) is 1.00. The zero-order valence-corrected chi connectivity index (χ0v) is 8.98. The topological polar surface area (TPSA) is 32.7 Å². The van der Waals surface area contributed by atoms with E-state index in [2.05, 4.69) is 11.8 Å². The molecule has 2 atom stereocenters. The molecule has 2 unspecified atom stereocenters. The van der Waals surface area contributed by atoms with Crippen LogP contribution in [-0.4, -0.2) is 48.0 Å². The summed E-state index contributed by atoms with van der Waals surface area (Å²) in [5, 5.41) is 9.09. The molecule has 1 saturated carbocycles. The summed E-state index contributed by atoms with van der Waals surface area (Å²) in [4.78, 5) is 2.54. The van der Waals surface area contributed by atoms with Crippen LogP contribution < -0.4 is 0 Å². The maximum Gasteiger partial charge on any atom is 0.0933 e. The van der Waals surface area contributed by atoms with E-state index in [1.165, 1.54) is 25.7 Å². The molecule has 1 heterocycles. The minimum atomic E-state index is 0.0480. The number of aliphatic hydroxyl groups excluding tert-OH is 1. The summed E-state index contributed by atoms with van der Waals surface area (Å²) in [6.45, 7) is 4.09. The first-order valence-electron chi connectivity index (χ1n) is 5.79. The molecule has 2 rings (SSSR count). The lowest BCUT2D eigenvalue weighted by atomic mass is 10.1. The second-order valence-corrected chi connectivity index (χ2v) is 4.62. The number of rotatable bonds is 2. The first-order valence-corrected chi connectivity index (χ1v) is 5.79. The molecule has 0 radical (unpaired) electrons. The molecule has 82 valence electrons. The molecular weight excluding hydrogens is 178 g/mol. The quantitative estimate of drug-likeness (QED) is 0.720. The summed E-state index contributed by atoms with van der Waals surface area (Å²) in [7, 11) is 0. The number of hydrogen-bond acceptors (Lipinski definition) is 3. The van der Waals surface area contributed by atoms with Gasteiger partial charge in [-0.2, -0.15) is 0 Å². The Labute approximate surface area is 86.0 Å². The van der Waals surface area contributed by atoms with Crippen LogP contribution in [0.15, 0.2) is 0 Å². The Balaban J connectivity index is 1.93. The maximum atomic E-state index is 9.09. The molecular formula is C11H21NO2. The highest BCUT2D eigenvalue weighted by Crippen LogP contribution is 2.27. The van der Waals surface area contributed by atoms with E-state index < -0.39 is 0 Å². The van der Waals surface area contributed by atoms with Crippen LogP contribution in [0, 0.1) is 0 Å². The lowest BCUT2D eigenvalue weighted by Gasteiger charge is -2.41. The highest BCUT2D eigenvalue weighted by atomic mass is 16.5. The summed E-state index contributed by atoms with van der Waals surface area (Å²) < 4.78 is 5.54.